The van der Waals surface area contributed by atoms with E-state index in [2.05, 4.69) is 9.97 Å². The van der Waals surface area contributed by atoms with Crippen molar-refractivity contribution in [2.75, 3.05) is 0 Å². The predicted molar refractivity (Wildman–Crippen MR) is 112 cm³/mol. The number of thiophene rings is 1. The van der Waals surface area contributed by atoms with E-state index >= 15 is 0 Å². The summed E-state index contributed by atoms with van der Waals surface area (Å²) in [6.07, 6.45) is 0.371. The van der Waals surface area contributed by atoms with Crippen molar-refractivity contribution >= 4 is 27.5 Å². The zero-order valence-electron chi connectivity index (χ0n) is 15.6. The maximum absolute atomic E-state index is 12.5. The molecule has 0 radical (unpaired) electrons. The van der Waals surface area contributed by atoms with Gasteiger partial charge in [-0.1, -0.05) is 48.5 Å². The first-order chi connectivity index (χ1) is 14.0. The molecule has 0 spiro atoms. The van der Waals surface area contributed by atoms with Crippen LogP contribution in [0.2, 0.25) is 0 Å². The number of ether oxygens (including phenoxy) is 1. The average molecular weight is 406 g/mol. The summed E-state index contributed by atoms with van der Waals surface area (Å²) >= 11 is 1.02. The van der Waals surface area contributed by atoms with Gasteiger partial charge >= 0.3 is 5.97 Å². The Kier molecular flexibility index (Phi) is 5.14. The number of aromatic amines is 1. The molecule has 0 atom stereocenters. The second-order valence-corrected chi connectivity index (χ2v) is 7.61. The number of aromatic carboxylic acids is 1. The van der Waals surface area contributed by atoms with Crippen LogP contribution in [-0.2, 0) is 13.0 Å². The molecule has 2 heterocycles. The van der Waals surface area contributed by atoms with Crippen LogP contribution in [0.4, 0.5) is 0 Å². The fourth-order valence-corrected chi connectivity index (χ4v) is 4.22. The van der Waals surface area contributed by atoms with Gasteiger partial charge in [-0.25, -0.2) is 9.78 Å². The Morgan fingerprint density at radius 1 is 1.14 bits per heavy atom. The zero-order chi connectivity index (χ0) is 20.4. The highest BCUT2D eigenvalue weighted by molar-refractivity contribution is 7.20. The number of carboxylic acid groups (broad SMARTS) is 1. The maximum atomic E-state index is 12.5. The van der Waals surface area contributed by atoms with Gasteiger partial charge in [-0.05, 0) is 24.1 Å². The minimum absolute atomic E-state index is 0.141. The van der Waals surface area contributed by atoms with E-state index in [0.717, 1.165) is 22.5 Å². The van der Waals surface area contributed by atoms with Crippen LogP contribution in [-0.4, -0.2) is 21.0 Å². The topological polar surface area (TPSA) is 92.3 Å². The van der Waals surface area contributed by atoms with Crippen LogP contribution >= 0.6 is 11.3 Å². The Bertz CT molecular complexity index is 1240. The molecule has 0 fully saturated rings. The van der Waals surface area contributed by atoms with Crippen LogP contribution in [0, 0.1) is 6.92 Å². The van der Waals surface area contributed by atoms with Crippen molar-refractivity contribution in [1.82, 2.24) is 9.97 Å². The Morgan fingerprint density at radius 2 is 1.86 bits per heavy atom. The molecule has 2 N–H and O–H groups in total. The van der Waals surface area contributed by atoms with E-state index in [0.29, 0.717) is 40.4 Å². The quantitative estimate of drug-likeness (QED) is 0.502. The van der Waals surface area contributed by atoms with Gasteiger partial charge in [-0.15, -0.1) is 11.3 Å². The molecule has 2 aromatic carbocycles. The number of carboxylic acids is 1. The fourth-order valence-electron chi connectivity index (χ4n) is 3.18. The Labute approximate surface area is 170 Å². The lowest BCUT2D eigenvalue weighted by Crippen LogP contribution is -2.12. The molecule has 7 heteroatoms. The van der Waals surface area contributed by atoms with Crippen LogP contribution in [0.1, 0.15) is 32.2 Å². The first kappa shape index (κ1) is 18.9. The number of aromatic nitrogens is 2. The molecular weight excluding hydrogens is 388 g/mol. The summed E-state index contributed by atoms with van der Waals surface area (Å²) in [6, 6.07) is 17.5. The number of H-pyrrole nitrogens is 1. The molecule has 29 heavy (non-hydrogen) atoms. The molecule has 0 aliphatic rings. The van der Waals surface area contributed by atoms with Crippen molar-refractivity contribution < 1.29 is 14.6 Å². The molecule has 0 aliphatic heterocycles. The number of fused-ring (bicyclic) bond motifs is 1. The van der Waals surface area contributed by atoms with Gasteiger partial charge in [0.15, 0.2) is 0 Å². The van der Waals surface area contributed by atoms with Crippen LogP contribution in [0.5, 0.6) is 5.75 Å². The van der Waals surface area contributed by atoms with E-state index in [-0.39, 0.29) is 10.4 Å². The van der Waals surface area contributed by atoms with Crippen LogP contribution in [0.15, 0.2) is 59.4 Å². The Morgan fingerprint density at radius 3 is 2.62 bits per heavy atom. The van der Waals surface area contributed by atoms with E-state index in [1.165, 1.54) is 0 Å². The Balaban J connectivity index is 1.63. The van der Waals surface area contributed by atoms with Gasteiger partial charge in [0.05, 0.1) is 5.39 Å². The smallest absolute Gasteiger partial charge is 0.346 e. The molecule has 6 nitrogen and oxygen atoms in total. The number of hydrogen-bond donors (Lipinski definition) is 2. The lowest BCUT2D eigenvalue weighted by Gasteiger charge is -2.11. The number of hydrogen-bond acceptors (Lipinski definition) is 5. The summed E-state index contributed by atoms with van der Waals surface area (Å²) in [6.45, 7) is 2.07. The number of para-hydroxylation sites is 1. The number of rotatable bonds is 6. The number of nitrogens with one attached hydrogen (secondary N) is 1. The first-order valence-electron chi connectivity index (χ1n) is 9.03. The van der Waals surface area contributed by atoms with Gasteiger partial charge in [0.2, 0.25) is 0 Å². The highest BCUT2D eigenvalue weighted by Crippen LogP contribution is 2.28. The van der Waals surface area contributed by atoms with Crippen molar-refractivity contribution in [2.45, 2.75) is 20.0 Å². The highest BCUT2D eigenvalue weighted by Gasteiger charge is 2.19. The predicted octanol–water partition coefficient (Wildman–Crippen LogP) is 4.16. The molecule has 0 bridgehead atoms. The molecular formula is C22H18N2O4S. The van der Waals surface area contributed by atoms with Gasteiger partial charge in [0.25, 0.3) is 5.56 Å². The van der Waals surface area contributed by atoms with Gasteiger partial charge in [-0.3, -0.25) is 4.79 Å². The molecule has 4 rings (SSSR count). The third-order valence-electron chi connectivity index (χ3n) is 4.61. The lowest BCUT2D eigenvalue weighted by atomic mass is 10.1. The summed E-state index contributed by atoms with van der Waals surface area (Å²) < 4.78 is 5.97. The number of aryl methyl sites for hydroxylation is 1. The summed E-state index contributed by atoms with van der Waals surface area (Å²) in [5, 5.41) is 9.64. The minimum atomic E-state index is -1.05. The summed E-state index contributed by atoms with van der Waals surface area (Å²) in [7, 11) is 0. The number of benzene rings is 2. The van der Waals surface area contributed by atoms with Crippen LogP contribution < -0.4 is 10.3 Å². The minimum Gasteiger partial charge on any atom is -0.489 e. The summed E-state index contributed by atoms with van der Waals surface area (Å²) in [5.41, 5.74) is 2.07. The molecule has 146 valence electrons. The standard InChI is InChI=1S/C22H18N2O4S/c1-13-18-20(25)23-17(24-21(18)29-19(13)22(26)27)11-15-9-5-6-10-16(15)28-12-14-7-3-2-4-8-14/h2-10H,11-12H2,1H3,(H,26,27)(H,23,24,25). The molecule has 0 unspecified atom stereocenters. The Hall–Kier alpha value is -3.45. The maximum Gasteiger partial charge on any atom is 0.346 e. The molecule has 2 aromatic heterocycles. The first-order valence-corrected chi connectivity index (χ1v) is 9.85. The number of nitrogens with zero attached hydrogens (tertiary/aromatic N) is 1. The normalized spacial score (nSPS) is 10.9. The molecule has 0 saturated carbocycles. The largest absolute Gasteiger partial charge is 0.489 e. The van der Waals surface area contributed by atoms with E-state index in [4.69, 9.17) is 4.74 Å². The molecule has 0 saturated heterocycles. The van der Waals surface area contributed by atoms with Crippen molar-refractivity contribution in [2.24, 2.45) is 0 Å². The summed E-state index contributed by atoms with van der Waals surface area (Å²) in [4.78, 5) is 31.8. The van der Waals surface area contributed by atoms with E-state index < -0.39 is 5.97 Å². The van der Waals surface area contributed by atoms with Gasteiger partial charge < -0.3 is 14.8 Å². The van der Waals surface area contributed by atoms with Gasteiger partial charge in [0.1, 0.15) is 27.9 Å². The monoisotopic (exact) mass is 406 g/mol. The molecule has 0 amide bonds. The third kappa shape index (κ3) is 3.90. The van der Waals surface area contributed by atoms with E-state index in [1.807, 2.05) is 54.6 Å². The van der Waals surface area contributed by atoms with E-state index in [9.17, 15) is 14.7 Å². The zero-order valence-corrected chi connectivity index (χ0v) is 16.5. The SMILES string of the molecule is Cc1c(C(=O)O)sc2nc(Cc3ccccc3OCc3ccccc3)[nH]c(=O)c12. The number of carbonyl (C=O) groups is 1. The second-order valence-electron chi connectivity index (χ2n) is 6.61. The van der Waals surface area contributed by atoms with Crippen molar-refractivity contribution in [3.63, 3.8) is 0 Å². The molecule has 4 aromatic rings. The lowest BCUT2D eigenvalue weighted by molar-refractivity contribution is 0.0701. The summed E-state index contributed by atoms with van der Waals surface area (Å²) in [5.74, 6) is 0.134. The average Bonchev–Trinajstić information content (AvgIpc) is 3.05. The van der Waals surface area contributed by atoms with Crippen LogP contribution in [0.3, 0.4) is 0 Å². The van der Waals surface area contributed by atoms with Crippen molar-refractivity contribution in [3.05, 3.63) is 92.3 Å². The van der Waals surface area contributed by atoms with Gasteiger partial charge in [0, 0.05) is 12.0 Å². The highest BCUT2D eigenvalue weighted by atomic mass is 32.1. The second kappa shape index (κ2) is 7.89. The van der Waals surface area contributed by atoms with Crippen molar-refractivity contribution in [1.29, 1.82) is 0 Å². The van der Waals surface area contributed by atoms with Crippen LogP contribution in [0.25, 0.3) is 10.2 Å². The van der Waals surface area contributed by atoms with Gasteiger partial charge in [-0.2, -0.15) is 0 Å². The van der Waals surface area contributed by atoms with E-state index in [1.54, 1.807) is 6.92 Å². The fraction of sp³-hybridized carbons (Fsp3) is 0.136. The molecule has 0 aliphatic carbocycles. The third-order valence-corrected chi connectivity index (χ3v) is 5.79. The van der Waals surface area contributed by atoms with Crippen molar-refractivity contribution in [3.8, 4) is 5.75 Å².